The molecule has 14 heavy (non-hydrogen) atoms. The molecule has 0 spiro atoms. The van der Waals surface area contributed by atoms with Crippen LogP contribution in [0.15, 0.2) is 0 Å². The number of amides is 2. The van der Waals surface area contributed by atoms with Crippen LogP contribution in [-0.4, -0.2) is 42.4 Å². The Hall–Kier alpha value is -1.10. The minimum atomic E-state index is -0.316. The van der Waals surface area contributed by atoms with Crippen molar-refractivity contribution in [1.82, 2.24) is 10.2 Å². The van der Waals surface area contributed by atoms with Gasteiger partial charge in [-0.05, 0) is 6.92 Å². The zero-order valence-corrected chi connectivity index (χ0v) is 8.62. The fourth-order valence-electron chi connectivity index (χ4n) is 1.64. The summed E-state index contributed by atoms with van der Waals surface area (Å²) in [7, 11) is 0. The fourth-order valence-corrected chi connectivity index (χ4v) is 1.64. The normalized spacial score (nSPS) is 25.6. The number of nitrogens with one attached hydrogen (secondary N) is 1. The van der Waals surface area contributed by atoms with E-state index >= 15 is 0 Å². The van der Waals surface area contributed by atoms with E-state index in [0.717, 1.165) is 6.54 Å². The minimum Gasteiger partial charge on any atom is -0.369 e. The van der Waals surface area contributed by atoms with Crippen molar-refractivity contribution in [1.29, 1.82) is 0 Å². The van der Waals surface area contributed by atoms with Crippen molar-refractivity contribution in [3.8, 4) is 0 Å². The first-order chi connectivity index (χ1) is 6.49. The van der Waals surface area contributed by atoms with Crippen molar-refractivity contribution in [2.24, 2.45) is 11.7 Å². The maximum Gasteiger partial charge on any atom is 0.234 e. The van der Waals surface area contributed by atoms with Crippen LogP contribution in [-0.2, 0) is 9.59 Å². The molecular formula is C9H17N3O2. The summed E-state index contributed by atoms with van der Waals surface area (Å²) >= 11 is 0. The molecule has 1 saturated heterocycles. The molecule has 0 aliphatic carbocycles. The van der Waals surface area contributed by atoms with E-state index in [1.54, 1.807) is 6.92 Å². The van der Waals surface area contributed by atoms with Gasteiger partial charge in [0.1, 0.15) is 0 Å². The second-order valence-corrected chi connectivity index (χ2v) is 3.97. The average molecular weight is 199 g/mol. The van der Waals surface area contributed by atoms with Crippen molar-refractivity contribution >= 4 is 11.8 Å². The maximum absolute atomic E-state index is 11.2. The van der Waals surface area contributed by atoms with E-state index in [4.69, 9.17) is 5.73 Å². The van der Waals surface area contributed by atoms with Gasteiger partial charge in [-0.1, -0.05) is 6.92 Å². The van der Waals surface area contributed by atoms with Crippen LogP contribution in [0.3, 0.4) is 0 Å². The van der Waals surface area contributed by atoms with E-state index in [-0.39, 0.29) is 23.8 Å². The molecule has 0 radical (unpaired) electrons. The Morgan fingerprint density at radius 2 is 2.43 bits per heavy atom. The van der Waals surface area contributed by atoms with Crippen LogP contribution in [0.4, 0.5) is 0 Å². The Morgan fingerprint density at radius 3 is 2.93 bits per heavy atom. The smallest absolute Gasteiger partial charge is 0.234 e. The largest absolute Gasteiger partial charge is 0.369 e. The lowest BCUT2D eigenvalue weighted by Gasteiger charge is -2.32. The van der Waals surface area contributed by atoms with Gasteiger partial charge in [0.25, 0.3) is 0 Å². The number of hydrogen-bond acceptors (Lipinski definition) is 3. The molecule has 5 nitrogen and oxygen atoms in total. The highest BCUT2D eigenvalue weighted by Gasteiger charge is 2.23. The molecule has 1 heterocycles. The van der Waals surface area contributed by atoms with Gasteiger partial charge >= 0.3 is 0 Å². The Labute approximate surface area is 83.6 Å². The lowest BCUT2D eigenvalue weighted by Crippen LogP contribution is -2.54. The summed E-state index contributed by atoms with van der Waals surface area (Å²) in [4.78, 5) is 24.0. The van der Waals surface area contributed by atoms with Crippen LogP contribution in [0.1, 0.15) is 13.8 Å². The first-order valence-corrected chi connectivity index (χ1v) is 4.80. The summed E-state index contributed by atoms with van der Waals surface area (Å²) in [6, 6.07) is 0.149. The SMILES string of the molecule is CC1CN(CC(C)C(N)=O)CC(=O)N1. The van der Waals surface area contributed by atoms with Crippen molar-refractivity contribution in [2.75, 3.05) is 19.6 Å². The molecule has 0 aromatic heterocycles. The molecule has 1 fully saturated rings. The minimum absolute atomic E-state index is 0.0143. The molecule has 2 amide bonds. The third-order valence-corrected chi connectivity index (χ3v) is 2.32. The predicted octanol–water partition coefficient (Wildman–Crippen LogP) is -1.07. The van der Waals surface area contributed by atoms with E-state index < -0.39 is 0 Å². The third kappa shape index (κ3) is 2.99. The quantitative estimate of drug-likeness (QED) is 0.607. The number of carbonyl (C=O) groups is 2. The average Bonchev–Trinajstić information content (AvgIpc) is 2.01. The zero-order chi connectivity index (χ0) is 10.7. The highest BCUT2D eigenvalue weighted by atomic mass is 16.2. The standard InChI is InChI=1S/C9H17N3O2/c1-6(9(10)14)3-12-4-7(2)11-8(13)5-12/h6-7H,3-5H2,1-2H3,(H2,10,14)(H,11,13). The summed E-state index contributed by atoms with van der Waals surface area (Å²) in [6.45, 7) is 5.43. The van der Waals surface area contributed by atoms with E-state index in [1.165, 1.54) is 0 Å². The molecule has 3 N–H and O–H groups in total. The molecule has 1 aliphatic rings. The second-order valence-electron chi connectivity index (χ2n) is 3.97. The molecule has 0 bridgehead atoms. The van der Waals surface area contributed by atoms with Gasteiger partial charge in [-0.15, -0.1) is 0 Å². The number of nitrogens with zero attached hydrogens (tertiary/aromatic N) is 1. The second kappa shape index (κ2) is 4.41. The van der Waals surface area contributed by atoms with E-state index in [1.807, 2.05) is 11.8 Å². The number of piperazine rings is 1. The third-order valence-electron chi connectivity index (χ3n) is 2.32. The van der Waals surface area contributed by atoms with Gasteiger partial charge in [0.15, 0.2) is 0 Å². The van der Waals surface area contributed by atoms with Gasteiger partial charge in [0.05, 0.1) is 6.54 Å². The Kier molecular flexibility index (Phi) is 3.46. The highest BCUT2D eigenvalue weighted by molar-refractivity contribution is 5.79. The Balaban J connectivity index is 2.44. The Morgan fingerprint density at radius 1 is 1.79 bits per heavy atom. The van der Waals surface area contributed by atoms with E-state index in [9.17, 15) is 9.59 Å². The molecule has 1 aliphatic heterocycles. The van der Waals surface area contributed by atoms with Crippen LogP contribution in [0.25, 0.3) is 0 Å². The van der Waals surface area contributed by atoms with Crippen molar-refractivity contribution < 1.29 is 9.59 Å². The summed E-state index contributed by atoms with van der Waals surface area (Å²) in [5, 5.41) is 2.81. The number of rotatable bonds is 3. The first-order valence-electron chi connectivity index (χ1n) is 4.80. The molecule has 2 unspecified atom stereocenters. The lowest BCUT2D eigenvalue weighted by atomic mass is 10.1. The summed E-state index contributed by atoms with van der Waals surface area (Å²) in [5.74, 6) is -0.503. The molecular weight excluding hydrogens is 182 g/mol. The van der Waals surface area contributed by atoms with Crippen LogP contribution < -0.4 is 11.1 Å². The van der Waals surface area contributed by atoms with Gasteiger partial charge in [0, 0.05) is 25.0 Å². The molecule has 80 valence electrons. The summed E-state index contributed by atoms with van der Waals surface area (Å²) < 4.78 is 0. The molecule has 5 heteroatoms. The zero-order valence-electron chi connectivity index (χ0n) is 8.62. The van der Waals surface area contributed by atoms with Crippen molar-refractivity contribution in [3.63, 3.8) is 0 Å². The lowest BCUT2D eigenvalue weighted by molar-refractivity contribution is -0.127. The topological polar surface area (TPSA) is 75.4 Å². The maximum atomic E-state index is 11.2. The number of nitrogens with two attached hydrogens (primary N) is 1. The van der Waals surface area contributed by atoms with E-state index in [0.29, 0.717) is 13.1 Å². The number of carbonyl (C=O) groups excluding carboxylic acids is 2. The fraction of sp³-hybridized carbons (Fsp3) is 0.778. The van der Waals surface area contributed by atoms with Crippen molar-refractivity contribution in [3.05, 3.63) is 0 Å². The van der Waals surface area contributed by atoms with Crippen LogP contribution in [0, 0.1) is 5.92 Å². The highest BCUT2D eigenvalue weighted by Crippen LogP contribution is 2.04. The molecule has 1 rings (SSSR count). The monoisotopic (exact) mass is 199 g/mol. The van der Waals surface area contributed by atoms with E-state index in [2.05, 4.69) is 5.32 Å². The molecule has 0 aromatic rings. The van der Waals surface area contributed by atoms with Crippen LogP contribution >= 0.6 is 0 Å². The van der Waals surface area contributed by atoms with Crippen LogP contribution in [0.5, 0.6) is 0 Å². The molecule has 0 saturated carbocycles. The molecule has 0 aromatic carbocycles. The van der Waals surface area contributed by atoms with Gasteiger partial charge < -0.3 is 11.1 Å². The van der Waals surface area contributed by atoms with Gasteiger partial charge in [-0.3, -0.25) is 14.5 Å². The first kappa shape index (κ1) is 11.0. The van der Waals surface area contributed by atoms with Gasteiger partial charge in [0.2, 0.25) is 11.8 Å². The predicted molar refractivity (Wildman–Crippen MR) is 52.4 cm³/mol. The van der Waals surface area contributed by atoms with Gasteiger partial charge in [-0.25, -0.2) is 0 Å². The van der Waals surface area contributed by atoms with Crippen LogP contribution in [0.2, 0.25) is 0 Å². The molecule has 2 atom stereocenters. The number of hydrogen-bond donors (Lipinski definition) is 2. The van der Waals surface area contributed by atoms with Crippen molar-refractivity contribution in [2.45, 2.75) is 19.9 Å². The summed E-state index contributed by atoms with van der Waals surface area (Å²) in [6.07, 6.45) is 0. The summed E-state index contributed by atoms with van der Waals surface area (Å²) in [5.41, 5.74) is 5.16. The van der Waals surface area contributed by atoms with Gasteiger partial charge in [-0.2, -0.15) is 0 Å². The number of primary amides is 1. The Bertz CT molecular complexity index is 242.